The molecule has 0 bridgehead atoms. The highest BCUT2D eigenvalue weighted by Gasteiger charge is 2.30. The highest BCUT2D eigenvalue weighted by atomic mass is 16.6. The van der Waals surface area contributed by atoms with Crippen LogP contribution in [0.25, 0.3) is 0 Å². The van der Waals surface area contributed by atoms with E-state index in [1.54, 1.807) is 11.2 Å². The third kappa shape index (κ3) is 3.33. The topological polar surface area (TPSA) is 70.6 Å². The molecule has 2 aliphatic heterocycles. The first kappa shape index (κ1) is 15.8. The average Bonchev–Trinajstić information content (AvgIpc) is 2.87. The van der Waals surface area contributed by atoms with E-state index in [0.29, 0.717) is 19.0 Å². The molecule has 1 fully saturated rings. The lowest BCUT2D eigenvalue weighted by molar-refractivity contribution is 0.0240. The summed E-state index contributed by atoms with van der Waals surface area (Å²) in [7, 11) is 0. The molecule has 0 radical (unpaired) electrons. The minimum Gasteiger partial charge on any atom is -0.444 e. The molecule has 23 heavy (non-hydrogen) atoms. The average molecular weight is 319 g/mol. The van der Waals surface area contributed by atoms with E-state index < -0.39 is 5.60 Å². The van der Waals surface area contributed by atoms with Crippen molar-refractivity contribution in [2.75, 3.05) is 42.9 Å². The molecule has 1 atom stereocenters. The number of ether oxygens (including phenoxy) is 1. The van der Waals surface area contributed by atoms with Crippen molar-refractivity contribution >= 4 is 17.7 Å². The fourth-order valence-electron chi connectivity index (χ4n) is 3.01. The molecule has 0 aliphatic carbocycles. The summed E-state index contributed by atoms with van der Waals surface area (Å²) < 4.78 is 5.44. The molecule has 0 saturated carbocycles. The smallest absolute Gasteiger partial charge is 0.410 e. The van der Waals surface area contributed by atoms with E-state index in [-0.39, 0.29) is 6.09 Å². The number of nitrogens with zero attached hydrogens (tertiary/aromatic N) is 4. The van der Waals surface area contributed by atoms with Crippen LogP contribution in [0.4, 0.5) is 16.4 Å². The molecule has 0 aromatic carbocycles. The summed E-state index contributed by atoms with van der Waals surface area (Å²) in [5.74, 6) is 2.35. The van der Waals surface area contributed by atoms with E-state index in [1.807, 2.05) is 20.8 Å². The first-order valence-corrected chi connectivity index (χ1v) is 8.17. The van der Waals surface area contributed by atoms with E-state index in [4.69, 9.17) is 4.74 Å². The number of carbonyl (C=O) groups excluding carboxylic acids is 1. The number of piperazine rings is 1. The Hall–Kier alpha value is -2.05. The number of aromatic nitrogens is 2. The number of hydrogen-bond donors (Lipinski definition) is 1. The fourth-order valence-corrected chi connectivity index (χ4v) is 3.01. The number of hydrogen-bond acceptors (Lipinski definition) is 6. The van der Waals surface area contributed by atoms with Gasteiger partial charge in [-0.05, 0) is 20.8 Å². The SMILES string of the molecule is CC1CNc2ncnc(N3CCN(C(=O)OC(C)(C)C)CC3)c21. The zero-order valence-electron chi connectivity index (χ0n) is 14.3. The van der Waals surface area contributed by atoms with Gasteiger partial charge in [-0.25, -0.2) is 14.8 Å². The lowest BCUT2D eigenvalue weighted by Crippen LogP contribution is -2.50. The van der Waals surface area contributed by atoms with Gasteiger partial charge in [0.25, 0.3) is 0 Å². The maximum Gasteiger partial charge on any atom is 0.410 e. The quantitative estimate of drug-likeness (QED) is 0.854. The van der Waals surface area contributed by atoms with Crippen molar-refractivity contribution in [1.29, 1.82) is 0 Å². The Kier molecular flexibility index (Phi) is 4.04. The van der Waals surface area contributed by atoms with Crippen molar-refractivity contribution in [3.05, 3.63) is 11.9 Å². The van der Waals surface area contributed by atoms with Gasteiger partial charge in [0.1, 0.15) is 23.6 Å². The Morgan fingerprint density at radius 1 is 1.26 bits per heavy atom. The van der Waals surface area contributed by atoms with Crippen molar-refractivity contribution in [3.63, 3.8) is 0 Å². The van der Waals surface area contributed by atoms with Crippen LogP contribution in [0.2, 0.25) is 0 Å². The van der Waals surface area contributed by atoms with E-state index in [2.05, 4.69) is 27.1 Å². The van der Waals surface area contributed by atoms with Gasteiger partial charge in [-0.3, -0.25) is 0 Å². The van der Waals surface area contributed by atoms with Gasteiger partial charge in [0.05, 0.1) is 0 Å². The van der Waals surface area contributed by atoms with E-state index in [0.717, 1.165) is 31.3 Å². The van der Waals surface area contributed by atoms with Crippen LogP contribution in [0, 0.1) is 0 Å². The van der Waals surface area contributed by atoms with Crippen molar-refractivity contribution in [2.45, 2.75) is 39.2 Å². The van der Waals surface area contributed by atoms with Gasteiger partial charge in [0.2, 0.25) is 0 Å². The summed E-state index contributed by atoms with van der Waals surface area (Å²) in [6, 6.07) is 0. The number of amides is 1. The molecule has 1 N–H and O–H groups in total. The molecule has 1 amide bonds. The van der Waals surface area contributed by atoms with E-state index in [9.17, 15) is 4.79 Å². The molecule has 1 unspecified atom stereocenters. The molecular formula is C16H25N5O2. The van der Waals surface area contributed by atoms with Crippen LogP contribution in [0.1, 0.15) is 39.2 Å². The first-order valence-electron chi connectivity index (χ1n) is 8.17. The number of anilines is 2. The zero-order valence-corrected chi connectivity index (χ0v) is 14.3. The Bertz CT molecular complexity index is 591. The maximum absolute atomic E-state index is 12.1. The van der Waals surface area contributed by atoms with Gasteiger partial charge in [-0.2, -0.15) is 0 Å². The van der Waals surface area contributed by atoms with E-state index in [1.165, 1.54) is 5.56 Å². The first-order chi connectivity index (χ1) is 10.8. The molecule has 1 saturated heterocycles. The molecule has 7 heteroatoms. The molecule has 3 heterocycles. The second-order valence-electron chi connectivity index (χ2n) is 7.20. The van der Waals surface area contributed by atoms with Crippen molar-refractivity contribution in [1.82, 2.24) is 14.9 Å². The second kappa shape index (κ2) is 5.86. The molecular weight excluding hydrogens is 294 g/mol. The molecule has 1 aromatic rings. The maximum atomic E-state index is 12.1. The Labute approximate surface area is 137 Å². The van der Waals surface area contributed by atoms with Crippen LogP contribution in [0.3, 0.4) is 0 Å². The Morgan fingerprint density at radius 2 is 1.96 bits per heavy atom. The number of nitrogens with one attached hydrogen (secondary N) is 1. The van der Waals surface area contributed by atoms with Crippen molar-refractivity contribution in [3.8, 4) is 0 Å². The molecule has 3 rings (SSSR count). The van der Waals surface area contributed by atoms with Gasteiger partial charge in [0, 0.05) is 44.2 Å². The van der Waals surface area contributed by atoms with Gasteiger partial charge in [0.15, 0.2) is 0 Å². The standard InChI is InChI=1S/C16H25N5O2/c1-11-9-17-13-12(11)14(19-10-18-13)20-5-7-21(8-6-20)15(22)23-16(2,3)4/h10-11H,5-9H2,1-4H3,(H,17,18,19). The van der Waals surface area contributed by atoms with Crippen LogP contribution >= 0.6 is 0 Å². The van der Waals surface area contributed by atoms with Crippen LogP contribution in [-0.4, -0.2) is 59.3 Å². The molecule has 7 nitrogen and oxygen atoms in total. The van der Waals surface area contributed by atoms with Gasteiger partial charge >= 0.3 is 6.09 Å². The normalized spacial score (nSPS) is 21.0. The van der Waals surface area contributed by atoms with Gasteiger partial charge in [-0.1, -0.05) is 6.92 Å². The number of rotatable bonds is 1. The summed E-state index contributed by atoms with van der Waals surface area (Å²) in [6.45, 7) is 11.6. The van der Waals surface area contributed by atoms with Crippen molar-refractivity contribution in [2.24, 2.45) is 0 Å². The van der Waals surface area contributed by atoms with Crippen LogP contribution in [0.5, 0.6) is 0 Å². The van der Waals surface area contributed by atoms with Crippen LogP contribution < -0.4 is 10.2 Å². The van der Waals surface area contributed by atoms with E-state index >= 15 is 0 Å². The zero-order chi connectivity index (χ0) is 16.6. The largest absolute Gasteiger partial charge is 0.444 e. The Morgan fingerprint density at radius 3 is 2.61 bits per heavy atom. The lowest BCUT2D eigenvalue weighted by Gasteiger charge is -2.36. The summed E-state index contributed by atoms with van der Waals surface area (Å²) in [6.07, 6.45) is 1.37. The van der Waals surface area contributed by atoms with Crippen molar-refractivity contribution < 1.29 is 9.53 Å². The number of carbonyl (C=O) groups is 1. The predicted molar refractivity (Wildman–Crippen MR) is 89.0 cm³/mol. The Balaban J connectivity index is 1.67. The molecule has 0 spiro atoms. The monoisotopic (exact) mass is 319 g/mol. The minimum absolute atomic E-state index is 0.236. The third-order valence-corrected chi connectivity index (χ3v) is 4.16. The molecule has 1 aromatic heterocycles. The van der Waals surface area contributed by atoms with Crippen LogP contribution in [0.15, 0.2) is 6.33 Å². The summed E-state index contributed by atoms with van der Waals surface area (Å²) in [5, 5.41) is 3.32. The predicted octanol–water partition coefficient (Wildman–Crippen LogP) is 2.06. The minimum atomic E-state index is -0.456. The van der Waals surface area contributed by atoms with Crippen LogP contribution in [-0.2, 0) is 4.74 Å². The lowest BCUT2D eigenvalue weighted by atomic mass is 10.1. The highest BCUT2D eigenvalue weighted by molar-refractivity contribution is 5.69. The van der Waals surface area contributed by atoms with Gasteiger partial charge < -0.3 is 19.9 Å². The number of fused-ring (bicyclic) bond motifs is 1. The molecule has 126 valence electrons. The van der Waals surface area contributed by atoms with Gasteiger partial charge in [-0.15, -0.1) is 0 Å². The molecule has 2 aliphatic rings. The summed E-state index contributed by atoms with van der Waals surface area (Å²) >= 11 is 0. The summed E-state index contributed by atoms with van der Waals surface area (Å²) in [5.41, 5.74) is 0.737. The highest BCUT2D eigenvalue weighted by Crippen LogP contribution is 2.35. The fraction of sp³-hybridized carbons (Fsp3) is 0.688. The third-order valence-electron chi connectivity index (χ3n) is 4.16. The summed E-state index contributed by atoms with van der Waals surface area (Å²) in [4.78, 5) is 25.0. The second-order valence-corrected chi connectivity index (χ2v) is 7.20.